The Morgan fingerprint density at radius 1 is 1.64 bits per heavy atom. The summed E-state index contributed by atoms with van der Waals surface area (Å²) in [7, 11) is 0. The highest BCUT2D eigenvalue weighted by atomic mass is 32.2. The van der Waals surface area contributed by atoms with E-state index in [1.807, 2.05) is 6.92 Å². The van der Waals surface area contributed by atoms with Gasteiger partial charge in [0.15, 0.2) is 0 Å². The largest absolute Gasteiger partial charge is 0.291 e. The summed E-state index contributed by atoms with van der Waals surface area (Å²) >= 11 is 2.77. The first-order valence-corrected chi connectivity index (χ1v) is 5.62. The Bertz CT molecular complexity index is 109. The molecule has 0 aromatic heterocycles. The molecule has 65 valence electrons. The van der Waals surface area contributed by atoms with Gasteiger partial charge in [0, 0.05) is 11.5 Å². The predicted octanol–water partition coefficient (Wildman–Crippen LogP) is 2.71. The van der Waals surface area contributed by atoms with Crippen molar-refractivity contribution >= 4 is 28.9 Å². The van der Waals surface area contributed by atoms with Gasteiger partial charge in [-0.3, -0.25) is 9.52 Å². The fourth-order valence-corrected chi connectivity index (χ4v) is 1.64. The highest BCUT2D eigenvalue weighted by molar-refractivity contribution is 8.15. The first-order chi connectivity index (χ1) is 5.31. The summed E-state index contributed by atoms with van der Waals surface area (Å²) in [5.74, 6) is 1.79. The van der Waals surface area contributed by atoms with Crippen LogP contribution in [0.4, 0.5) is 4.79 Å². The van der Waals surface area contributed by atoms with Crippen molar-refractivity contribution in [3.8, 4) is 0 Å². The maximum Gasteiger partial charge on any atom is 0.288 e. The summed E-state index contributed by atoms with van der Waals surface area (Å²) in [5, 5.41) is 0.0605. The second kappa shape index (κ2) is 8.27. The first kappa shape index (κ1) is 11.2. The molecule has 0 unspecified atom stereocenters. The highest BCUT2D eigenvalue weighted by Gasteiger charge is 1.98. The van der Waals surface area contributed by atoms with Gasteiger partial charge in [-0.2, -0.15) is 0 Å². The van der Waals surface area contributed by atoms with E-state index in [0.29, 0.717) is 0 Å². The third-order valence-corrected chi connectivity index (χ3v) is 2.53. The normalized spacial score (nSPS) is 9.64. The van der Waals surface area contributed by atoms with Crippen LogP contribution in [0.5, 0.6) is 0 Å². The lowest BCUT2D eigenvalue weighted by Gasteiger charge is -1.99. The molecule has 1 amide bonds. The molecule has 0 fully saturated rings. The number of hydrogen-bond acceptors (Lipinski definition) is 3. The zero-order chi connectivity index (χ0) is 8.53. The maximum atomic E-state index is 10.9. The van der Waals surface area contributed by atoms with Crippen LogP contribution in [-0.2, 0) is 0 Å². The van der Waals surface area contributed by atoms with Crippen molar-refractivity contribution in [1.29, 1.82) is 0 Å². The van der Waals surface area contributed by atoms with Gasteiger partial charge in [-0.05, 0) is 6.42 Å². The van der Waals surface area contributed by atoms with Gasteiger partial charge in [0.05, 0.1) is 0 Å². The van der Waals surface area contributed by atoms with Gasteiger partial charge in [0.2, 0.25) is 0 Å². The van der Waals surface area contributed by atoms with Gasteiger partial charge >= 0.3 is 0 Å². The fraction of sp³-hybridized carbons (Fsp3) is 0.714. The minimum Gasteiger partial charge on any atom is -0.291 e. The summed E-state index contributed by atoms with van der Waals surface area (Å²) in [6.07, 6.45) is 1.91. The molecule has 0 saturated heterocycles. The second-order valence-electron chi connectivity index (χ2n) is 1.88. The molecule has 1 radical (unpaired) electrons. The van der Waals surface area contributed by atoms with Crippen molar-refractivity contribution in [2.75, 3.05) is 11.5 Å². The maximum absolute atomic E-state index is 10.9. The van der Waals surface area contributed by atoms with Crippen molar-refractivity contribution in [3.05, 3.63) is 6.92 Å². The number of unbranched alkanes of at least 4 members (excludes halogenated alkanes) is 1. The summed E-state index contributed by atoms with van der Waals surface area (Å²) in [6.45, 7) is 5.70. The van der Waals surface area contributed by atoms with Crippen LogP contribution in [0, 0.1) is 6.92 Å². The monoisotopic (exact) mass is 192 g/mol. The van der Waals surface area contributed by atoms with Gasteiger partial charge in [-0.15, -0.1) is 0 Å². The minimum atomic E-state index is 0.0605. The van der Waals surface area contributed by atoms with Crippen molar-refractivity contribution in [2.45, 2.75) is 19.8 Å². The summed E-state index contributed by atoms with van der Waals surface area (Å²) in [5.41, 5.74) is 0. The molecule has 4 heteroatoms. The van der Waals surface area contributed by atoms with Crippen LogP contribution >= 0.6 is 23.7 Å². The van der Waals surface area contributed by atoms with E-state index >= 15 is 0 Å². The highest BCUT2D eigenvalue weighted by Crippen LogP contribution is 2.07. The van der Waals surface area contributed by atoms with Gasteiger partial charge < -0.3 is 0 Å². The number of amides is 1. The van der Waals surface area contributed by atoms with E-state index in [4.69, 9.17) is 0 Å². The van der Waals surface area contributed by atoms with Crippen molar-refractivity contribution in [2.24, 2.45) is 0 Å². The van der Waals surface area contributed by atoms with Gasteiger partial charge in [0.1, 0.15) is 0 Å². The molecular weight excluding hydrogens is 178 g/mol. The third-order valence-electron chi connectivity index (χ3n) is 0.927. The molecule has 0 bridgehead atoms. The van der Waals surface area contributed by atoms with Crippen LogP contribution in [0.2, 0.25) is 0 Å². The number of nitrogens with one attached hydrogen (secondary N) is 1. The SMILES string of the molecule is [CH2]CCCSC(=O)NSCC. The second-order valence-corrected chi connectivity index (χ2v) is 4.02. The van der Waals surface area contributed by atoms with Crippen molar-refractivity contribution < 1.29 is 4.79 Å². The van der Waals surface area contributed by atoms with Gasteiger partial charge in [0.25, 0.3) is 5.24 Å². The molecule has 0 aliphatic rings. The molecule has 0 aliphatic heterocycles. The standard InChI is InChI=1S/C7H14NOS2/c1-3-5-6-10-7(9)8-11-4-2/h1,3-6H2,2H3,(H,8,9). The van der Waals surface area contributed by atoms with Crippen molar-refractivity contribution in [3.63, 3.8) is 0 Å². The first-order valence-electron chi connectivity index (χ1n) is 3.65. The molecule has 0 aromatic rings. The van der Waals surface area contributed by atoms with Crippen LogP contribution in [0.15, 0.2) is 0 Å². The Hall–Kier alpha value is 0.170. The van der Waals surface area contributed by atoms with E-state index in [0.717, 1.165) is 24.3 Å². The summed E-state index contributed by atoms with van der Waals surface area (Å²) < 4.78 is 2.71. The van der Waals surface area contributed by atoms with E-state index in [2.05, 4.69) is 11.6 Å². The smallest absolute Gasteiger partial charge is 0.288 e. The minimum absolute atomic E-state index is 0.0605. The van der Waals surface area contributed by atoms with Crippen LogP contribution in [-0.4, -0.2) is 16.7 Å². The van der Waals surface area contributed by atoms with E-state index in [-0.39, 0.29) is 5.24 Å². The van der Waals surface area contributed by atoms with Crippen LogP contribution in [0.1, 0.15) is 19.8 Å². The summed E-state index contributed by atoms with van der Waals surface area (Å²) in [4.78, 5) is 10.9. The molecule has 11 heavy (non-hydrogen) atoms. The zero-order valence-corrected chi connectivity index (χ0v) is 8.39. The molecule has 2 nitrogen and oxygen atoms in total. The number of hydrogen-bond donors (Lipinski definition) is 1. The quantitative estimate of drug-likeness (QED) is 0.536. The Labute approximate surface area is 77.0 Å². The Morgan fingerprint density at radius 3 is 2.91 bits per heavy atom. The molecular formula is C7H14NOS2. The van der Waals surface area contributed by atoms with Crippen molar-refractivity contribution in [1.82, 2.24) is 4.72 Å². The van der Waals surface area contributed by atoms with E-state index < -0.39 is 0 Å². The van der Waals surface area contributed by atoms with Gasteiger partial charge in [-0.1, -0.05) is 44.0 Å². The average Bonchev–Trinajstić information content (AvgIpc) is 2.01. The molecule has 0 saturated carbocycles. The lowest BCUT2D eigenvalue weighted by molar-refractivity contribution is 0.265. The molecule has 0 heterocycles. The summed E-state index contributed by atoms with van der Waals surface area (Å²) in [6, 6.07) is 0. The Balaban J connectivity index is 3.09. The molecule has 0 rings (SSSR count). The van der Waals surface area contributed by atoms with E-state index in [9.17, 15) is 4.79 Å². The van der Waals surface area contributed by atoms with Crippen LogP contribution in [0.25, 0.3) is 0 Å². The van der Waals surface area contributed by atoms with E-state index in [1.165, 1.54) is 23.7 Å². The lowest BCUT2D eigenvalue weighted by Crippen LogP contribution is -2.09. The fourth-order valence-electron chi connectivity index (χ4n) is 0.427. The number of thioether (sulfide) groups is 1. The zero-order valence-electron chi connectivity index (χ0n) is 6.76. The Morgan fingerprint density at radius 2 is 2.36 bits per heavy atom. The number of rotatable bonds is 5. The molecule has 0 aliphatic carbocycles. The topological polar surface area (TPSA) is 29.1 Å². The van der Waals surface area contributed by atoms with Crippen LogP contribution in [0.3, 0.4) is 0 Å². The predicted molar refractivity (Wildman–Crippen MR) is 53.7 cm³/mol. The van der Waals surface area contributed by atoms with E-state index in [1.54, 1.807) is 0 Å². The molecule has 1 N–H and O–H groups in total. The molecule has 0 aromatic carbocycles. The number of carbonyl (C=O) groups excluding carboxylic acids is 1. The lowest BCUT2D eigenvalue weighted by atomic mass is 10.4. The average molecular weight is 192 g/mol. The van der Waals surface area contributed by atoms with Crippen LogP contribution < -0.4 is 4.72 Å². The molecule has 0 spiro atoms. The molecule has 0 atom stereocenters. The Kier molecular flexibility index (Phi) is 8.40. The number of carbonyl (C=O) groups is 1. The third kappa shape index (κ3) is 8.07. The van der Waals surface area contributed by atoms with Gasteiger partial charge in [-0.25, -0.2) is 0 Å².